The highest BCUT2D eigenvalue weighted by atomic mass is 19.1. The second-order valence-corrected chi connectivity index (χ2v) is 4.53. The lowest BCUT2D eigenvalue weighted by Gasteiger charge is -2.18. The van der Waals surface area contributed by atoms with E-state index in [-0.39, 0.29) is 18.0 Å². The number of halogens is 1. The summed E-state index contributed by atoms with van der Waals surface area (Å²) < 4.78 is 24.6. The highest BCUT2D eigenvalue weighted by molar-refractivity contribution is 5.40. The van der Waals surface area contributed by atoms with E-state index >= 15 is 0 Å². The van der Waals surface area contributed by atoms with Gasteiger partial charge in [-0.3, -0.25) is 0 Å². The summed E-state index contributed by atoms with van der Waals surface area (Å²) in [7, 11) is 0. The van der Waals surface area contributed by atoms with Gasteiger partial charge in [0.1, 0.15) is 17.7 Å². The molecule has 2 atom stereocenters. The topological polar surface area (TPSA) is 44.5 Å². The lowest BCUT2D eigenvalue weighted by molar-refractivity contribution is 0.140. The van der Waals surface area contributed by atoms with Gasteiger partial charge in [-0.15, -0.1) is 0 Å². The van der Waals surface area contributed by atoms with Gasteiger partial charge in [0.2, 0.25) is 0 Å². The number of ether oxygens (including phenoxy) is 2. The molecule has 0 aliphatic carbocycles. The summed E-state index contributed by atoms with van der Waals surface area (Å²) in [6, 6.07) is 2.93. The van der Waals surface area contributed by atoms with E-state index < -0.39 is 0 Å². The maximum Gasteiger partial charge on any atom is 0.126 e. The van der Waals surface area contributed by atoms with E-state index in [0.717, 1.165) is 13.0 Å². The van der Waals surface area contributed by atoms with E-state index in [1.54, 1.807) is 13.0 Å². The lowest BCUT2D eigenvalue weighted by atomic mass is 10.0. The molecule has 1 unspecified atom stereocenters. The first-order valence-electron chi connectivity index (χ1n) is 5.88. The Morgan fingerprint density at radius 1 is 1.53 bits per heavy atom. The highest BCUT2D eigenvalue weighted by Crippen LogP contribution is 2.29. The third-order valence-electron chi connectivity index (χ3n) is 2.96. The Labute approximate surface area is 101 Å². The van der Waals surface area contributed by atoms with Gasteiger partial charge in [0.05, 0.1) is 13.2 Å². The zero-order valence-corrected chi connectivity index (χ0v) is 10.2. The molecule has 0 spiro atoms. The van der Waals surface area contributed by atoms with Gasteiger partial charge in [0.25, 0.3) is 0 Å². The van der Waals surface area contributed by atoms with Crippen molar-refractivity contribution in [2.45, 2.75) is 32.4 Å². The van der Waals surface area contributed by atoms with Crippen molar-refractivity contribution in [1.82, 2.24) is 0 Å². The second-order valence-electron chi connectivity index (χ2n) is 4.53. The fourth-order valence-corrected chi connectivity index (χ4v) is 1.91. The third kappa shape index (κ3) is 2.76. The summed E-state index contributed by atoms with van der Waals surface area (Å²) in [5.74, 6) is 0.432. The molecular weight excluding hydrogens is 221 g/mol. The van der Waals surface area contributed by atoms with E-state index in [4.69, 9.17) is 15.2 Å². The smallest absolute Gasteiger partial charge is 0.126 e. The van der Waals surface area contributed by atoms with Crippen LogP contribution in [-0.2, 0) is 4.74 Å². The zero-order valence-electron chi connectivity index (χ0n) is 10.2. The Morgan fingerprint density at radius 2 is 2.29 bits per heavy atom. The molecule has 0 radical (unpaired) electrons. The SMILES string of the molecule is Cc1cc(OC2CCOC2)c([C@@H](C)N)cc1F. The Kier molecular flexibility index (Phi) is 3.64. The fourth-order valence-electron chi connectivity index (χ4n) is 1.91. The third-order valence-corrected chi connectivity index (χ3v) is 2.96. The predicted molar refractivity (Wildman–Crippen MR) is 63.6 cm³/mol. The minimum Gasteiger partial charge on any atom is -0.488 e. The molecule has 1 aromatic carbocycles. The van der Waals surface area contributed by atoms with E-state index in [0.29, 0.717) is 23.5 Å². The summed E-state index contributed by atoms with van der Waals surface area (Å²) >= 11 is 0. The summed E-state index contributed by atoms with van der Waals surface area (Å²) in [5, 5.41) is 0. The molecule has 94 valence electrons. The van der Waals surface area contributed by atoms with Gasteiger partial charge >= 0.3 is 0 Å². The number of rotatable bonds is 3. The van der Waals surface area contributed by atoms with Gasteiger partial charge in [-0.05, 0) is 31.5 Å². The van der Waals surface area contributed by atoms with Crippen LogP contribution in [0.3, 0.4) is 0 Å². The quantitative estimate of drug-likeness (QED) is 0.880. The van der Waals surface area contributed by atoms with Crippen molar-refractivity contribution in [2.24, 2.45) is 5.73 Å². The van der Waals surface area contributed by atoms with E-state index in [2.05, 4.69) is 0 Å². The highest BCUT2D eigenvalue weighted by Gasteiger charge is 2.20. The number of hydrogen-bond acceptors (Lipinski definition) is 3. The Balaban J connectivity index is 2.26. The largest absolute Gasteiger partial charge is 0.488 e. The first kappa shape index (κ1) is 12.3. The van der Waals surface area contributed by atoms with Gasteiger partial charge in [0, 0.05) is 18.0 Å². The van der Waals surface area contributed by atoms with Gasteiger partial charge in [-0.25, -0.2) is 4.39 Å². The van der Waals surface area contributed by atoms with Crippen molar-refractivity contribution in [3.05, 3.63) is 29.1 Å². The zero-order chi connectivity index (χ0) is 12.4. The molecule has 1 aliphatic heterocycles. The summed E-state index contributed by atoms with van der Waals surface area (Å²) in [5.41, 5.74) is 7.11. The molecule has 3 nitrogen and oxygen atoms in total. The number of benzene rings is 1. The van der Waals surface area contributed by atoms with Crippen molar-refractivity contribution in [3.63, 3.8) is 0 Å². The second kappa shape index (κ2) is 5.02. The van der Waals surface area contributed by atoms with E-state index in [1.807, 2.05) is 6.92 Å². The minimum absolute atomic E-state index is 0.0531. The summed E-state index contributed by atoms with van der Waals surface area (Å²) in [6.07, 6.45) is 0.923. The monoisotopic (exact) mass is 239 g/mol. The lowest BCUT2D eigenvalue weighted by Crippen LogP contribution is -2.18. The molecule has 0 bridgehead atoms. The van der Waals surface area contributed by atoms with E-state index in [9.17, 15) is 4.39 Å². The number of hydrogen-bond donors (Lipinski definition) is 1. The molecule has 0 saturated carbocycles. The van der Waals surface area contributed by atoms with Crippen LogP contribution in [0, 0.1) is 12.7 Å². The molecule has 2 N–H and O–H groups in total. The molecule has 1 aliphatic rings. The van der Waals surface area contributed by atoms with Crippen molar-refractivity contribution in [2.75, 3.05) is 13.2 Å². The molecule has 17 heavy (non-hydrogen) atoms. The Hall–Kier alpha value is -1.13. The maximum absolute atomic E-state index is 13.5. The molecular formula is C13H18FNO2. The van der Waals surface area contributed by atoms with Crippen LogP contribution in [0.25, 0.3) is 0 Å². The first-order chi connectivity index (χ1) is 8.08. The Bertz CT molecular complexity index is 401. The fraction of sp³-hybridized carbons (Fsp3) is 0.538. The molecule has 1 fully saturated rings. The van der Waals surface area contributed by atoms with Crippen LogP contribution >= 0.6 is 0 Å². The maximum atomic E-state index is 13.5. The van der Waals surface area contributed by atoms with Crippen LogP contribution in [0.5, 0.6) is 5.75 Å². The molecule has 1 heterocycles. The van der Waals surface area contributed by atoms with Gasteiger partial charge in [0.15, 0.2) is 0 Å². The summed E-state index contributed by atoms with van der Waals surface area (Å²) in [6.45, 7) is 4.85. The number of aryl methyl sites for hydroxylation is 1. The first-order valence-corrected chi connectivity index (χ1v) is 5.88. The van der Waals surface area contributed by atoms with Crippen molar-refractivity contribution < 1.29 is 13.9 Å². The van der Waals surface area contributed by atoms with E-state index in [1.165, 1.54) is 6.07 Å². The predicted octanol–water partition coefficient (Wildman–Crippen LogP) is 2.32. The van der Waals surface area contributed by atoms with Crippen LogP contribution in [0.4, 0.5) is 4.39 Å². The average Bonchev–Trinajstić information content (AvgIpc) is 2.75. The van der Waals surface area contributed by atoms with Crippen molar-refractivity contribution in [3.8, 4) is 5.75 Å². The van der Waals surface area contributed by atoms with Crippen LogP contribution in [-0.4, -0.2) is 19.3 Å². The van der Waals surface area contributed by atoms with Crippen molar-refractivity contribution >= 4 is 0 Å². The Morgan fingerprint density at radius 3 is 2.88 bits per heavy atom. The van der Waals surface area contributed by atoms with Crippen LogP contribution in [0.2, 0.25) is 0 Å². The normalized spacial score (nSPS) is 21.5. The van der Waals surface area contributed by atoms with Crippen LogP contribution in [0.15, 0.2) is 12.1 Å². The van der Waals surface area contributed by atoms with Crippen LogP contribution < -0.4 is 10.5 Å². The van der Waals surface area contributed by atoms with Gasteiger partial charge in [-0.1, -0.05) is 0 Å². The molecule has 1 aromatic rings. The molecule has 1 saturated heterocycles. The minimum atomic E-state index is -0.248. The van der Waals surface area contributed by atoms with Crippen molar-refractivity contribution in [1.29, 1.82) is 0 Å². The molecule has 2 rings (SSSR count). The van der Waals surface area contributed by atoms with Crippen LogP contribution in [0.1, 0.15) is 30.5 Å². The summed E-state index contributed by atoms with van der Waals surface area (Å²) in [4.78, 5) is 0. The average molecular weight is 239 g/mol. The number of nitrogens with two attached hydrogens (primary N) is 1. The molecule has 0 amide bonds. The molecule has 4 heteroatoms. The standard InChI is InChI=1S/C13H18FNO2/c1-8-5-13(17-10-3-4-16-7-10)11(9(2)15)6-12(8)14/h5-6,9-10H,3-4,7,15H2,1-2H3/t9-,10?/m1/s1. The molecule has 0 aromatic heterocycles. The van der Waals surface area contributed by atoms with Gasteiger partial charge in [-0.2, -0.15) is 0 Å². The van der Waals surface area contributed by atoms with Gasteiger partial charge < -0.3 is 15.2 Å².